The fraction of sp³-hybridized carbons (Fsp3) is 0.0870. The molecule has 0 saturated heterocycles. The molecule has 0 atom stereocenters. The second-order valence-electron chi connectivity index (χ2n) is 6.16. The lowest BCUT2D eigenvalue weighted by molar-refractivity contribution is 0.394. The molecule has 4 nitrogen and oxygen atoms in total. The minimum Gasteiger partial charge on any atom is -0.497 e. The maximum atomic E-state index is 12.1. The van der Waals surface area contributed by atoms with Crippen LogP contribution in [0.1, 0.15) is 11.1 Å². The number of hydrogen-bond donors (Lipinski definition) is 0. The van der Waals surface area contributed by atoms with E-state index in [1.54, 1.807) is 14.2 Å². The van der Waals surface area contributed by atoms with Crippen molar-refractivity contribution in [2.24, 2.45) is 0 Å². The Balaban J connectivity index is 1.86. The monoisotopic (exact) mass is 358 g/mol. The average Bonchev–Trinajstić information content (AvgIpc) is 2.71. The molecule has 0 amide bonds. The van der Waals surface area contributed by atoms with Gasteiger partial charge in [0.05, 0.1) is 14.2 Å². The van der Waals surface area contributed by atoms with Gasteiger partial charge >= 0.3 is 5.63 Å². The summed E-state index contributed by atoms with van der Waals surface area (Å²) in [5.41, 5.74) is 1.94. The molecule has 0 saturated carbocycles. The molecule has 27 heavy (non-hydrogen) atoms. The van der Waals surface area contributed by atoms with Crippen LogP contribution >= 0.6 is 0 Å². The minimum atomic E-state index is -0.373. The molecule has 0 fully saturated rings. The summed E-state index contributed by atoms with van der Waals surface area (Å²) < 4.78 is 16.1. The second-order valence-corrected chi connectivity index (χ2v) is 6.16. The molecular weight excluding hydrogens is 340 g/mol. The normalized spacial score (nSPS) is 11.3. The molecule has 0 bridgehead atoms. The van der Waals surface area contributed by atoms with Gasteiger partial charge in [-0.25, -0.2) is 4.79 Å². The molecule has 0 aliphatic heterocycles. The van der Waals surface area contributed by atoms with Crippen LogP contribution in [-0.4, -0.2) is 14.2 Å². The average molecular weight is 358 g/mol. The van der Waals surface area contributed by atoms with E-state index in [1.807, 2.05) is 66.7 Å². The standard InChI is InChI=1S/C23H18O4/c1-25-18-11-15(12-19(14-18)26-2)7-8-17-13-22(24)27-23-20-6-4-3-5-16(20)9-10-21(17)23/h3-14H,1-2H3/b8-7+. The van der Waals surface area contributed by atoms with Crippen molar-refractivity contribution in [3.63, 3.8) is 0 Å². The number of hydrogen-bond acceptors (Lipinski definition) is 4. The molecule has 0 unspecified atom stereocenters. The number of rotatable bonds is 4. The van der Waals surface area contributed by atoms with Gasteiger partial charge in [-0.2, -0.15) is 0 Å². The molecule has 0 aliphatic rings. The Kier molecular flexibility index (Phi) is 4.38. The van der Waals surface area contributed by atoms with Crippen molar-refractivity contribution >= 4 is 33.9 Å². The van der Waals surface area contributed by atoms with E-state index in [4.69, 9.17) is 13.9 Å². The van der Waals surface area contributed by atoms with E-state index in [9.17, 15) is 4.79 Å². The van der Waals surface area contributed by atoms with Crippen molar-refractivity contribution in [1.82, 2.24) is 0 Å². The smallest absolute Gasteiger partial charge is 0.336 e. The predicted octanol–water partition coefficient (Wildman–Crippen LogP) is 5.13. The molecule has 1 aromatic heterocycles. The first-order valence-electron chi connectivity index (χ1n) is 8.55. The highest BCUT2D eigenvalue weighted by molar-refractivity contribution is 6.06. The highest BCUT2D eigenvalue weighted by atomic mass is 16.5. The van der Waals surface area contributed by atoms with Gasteiger partial charge in [0, 0.05) is 22.9 Å². The molecule has 4 aromatic rings. The minimum absolute atomic E-state index is 0.373. The van der Waals surface area contributed by atoms with E-state index in [2.05, 4.69) is 0 Å². The van der Waals surface area contributed by atoms with Crippen LogP contribution in [0.3, 0.4) is 0 Å². The van der Waals surface area contributed by atoms with Crippen LogP contribution in [0.2, 0.25) is 0 Å². The predicted molar refractivity (Wildman–Crippen MR) is 108 cm³/mol. The zero-order chi connectivity index (χ0) is 18.8. The topological polar surface area (TPSA) is 48.7 Å². The first kappa shape index (κ1) is 16.9. The fourth-order valence-electron chi connectivity index (χ4n) is 3.16. The van der Waals surface area contributed by atoms with Crippen LogP contribution < -0.4 is 15.1 Å². The van der Waals surface area contributed by atoms with Gasteiger partial charge in [-0.1, -0.05) is 42.5 Å². The Hall–Kier alpha value is -3.53. The van der Waals surface area contributed by atoms with Gasteiger partial charge in [-0.05, 0) is 34.7 Å². The lowest BCUT2D eigenvalue weighted by atomic mass is 10.0. The van der Waals surface area contributed by atoms with Crippen molar-refractivity contribution in [2.45, 2.75) is 0 Å². The molecule has 134 valence electrons. The van der Waals surface area contributed by atoms with Crippen LogP contribution in [0.15, 0.2) is 69.9 Å². The van der Waals surface area contributed by atoms with E-state index in [0.29, 0.717) is 17.1 Å². The van der Waals surface area contributed by atoms with Gasteiger partial charge in [0.25, 0.3) is 0 Å². The summed E-state index contributed by atoms with van der Waals surface area (Å²) in [4.78, 5) is 12.1. The third-order valence-corrected chi connectivity index (χ3v) is 4.50. The Bertz CT molecular complexity index is 1200. The second kappa shape index (κ2) is 7.00. The summed E-state index contributed by atoms with van der Waals surface area (Å²) in [7, 11) is 3.23. The molecule has 4 rings (SSSR count). The van der Waals surface area contributed by atoms with Crippen LogP contribution in [0.25, 0.3) is 33.9 Å². The Morgan fingerprint density at radius 2 is 1.56 bits per heavy atom. The maximum absolute atomic E-state index is 12.1. The highest BCUT2D eigenvalue weighted by Gasteiger charge is 2.07. The third-order valence-electron chi connectivity index (χ3n) is 4.50. The number of fused-ring (bicyclic) bond motifs is 3. The summed E-state index contributed by atoms with van der Waals surface area (Å²) in [6.45, 7) is 0. The van der Waals surface area contributed by atoms with Crippen LogP contribution in [0, 0.1) is 0 Å². The van der Waals surface area contributed by atoms with Gasteiger partial charge in [-0.3, -0.25) is 0 Å². The Labute approximate surface area is 156 Å². The van der Waals surface area contributed by atoms with Crippen molar-refractivity contribution < 1.29 is 13.9 Å². The van der Waals surface area contributed by atoms with Gasteiger partial charge in [0.1, 0.15) is 17.1 Å². The van der Waals surface area contributed by atoms with Gasteiger partial charge in [0.2, 0.25) is 0 Å². The van der Waals surface area contributed by atoms with Crippen LogP contribution in [0.4, 0.5) is 0 Å². The van der Waals surface area contributed by atoms with Crippen molar-refractivity contribution in [1.29, 1.82) is 0 Å². The largest absolute Gasteiger partial charge is 0.497 e. The number of ether oxygens (including phenoxy) is 2. The first-order chi connectivity index (χ1) is 13.2. The van der Waals surface area contributed by atoms with E-state index in [-0.39, 0.29) is 5.63 Å². The van der Waals surface area contributed by atoms with E-state index >= 15 is 0 Å². The summed E-state index contributed by atoms with van der Waals surface area (Å²) in [5.74, 6) is 1.41. The van der Waals surface area contributed by atoms with Crippen LogP contribution in [0.5, 0.6) is 11.5 Å². The van der Waals surface area contributed by atoms with Gasteiger partial charge in [-0.15, -0.1) is 0 Å². The third kappa shape index (κ3) is 3.29. The van der Waals surface area contributed by atoms with Gasteiger partial charge in [0.15, 0.2) is 0 Å². The molecule has 0 N–H and O–H groups in total. The van der Waals surface area contributed by atoms with Crippen molar-refractivity contribution in [3.05, 3.63) is 82.2 Å². The Morgan fingerprint density at radius 1 is 0.815 bits per heavy atom. The van der Waals surface area contributed by atoms with Crippen LogP contribution in [-0.2, 0) is 0 Å². The summed E-state index contributed by atoms with van der Waals surface area (Å²) in [6.07, 6.45) is 3.83. The van der Waals surface area contributed by atoms with E-state index in [0.717, 1.165) is 27.3 Å². The molecule has 0 spiro atoms. The van der Waals surface area contributed by atoms with Gasteiger partial charge < -0.3 is 13.9 Å². The van der Waals surface area contributed by atoms with Crippen molar-refractivity contribution in [2.75, 3.05) is 14.2 Å². The zero-order valence-corrected chi connectivity index (χ0v) is 15.1. The number of benzene rings is 3. The van der Waals surface area contributed by atoms with E-state index in [1.165, 1.54) is 6.07 Å². The molecule has 0 aliphatic carbocycles. The Morgan fingerprint density at radius 3 is 2.30 bits per heavy atom. The quantitative estimate of drug-likeness (QED) is 0.375. The first-order valence-corrected chi connectivity index (χ1v) is 8.55. The van der Waals surface area contributed by atoms with Crippen molar-refractivity contribution in [3.8, 4) is 11.5 Å². The highest BCUT2D eigenvalue weighted by Crippen LogP contribution is 2.28. The molecular formula is C23H18O4. The summed E-state index contributed by atoms with van der Waals surface area (Å²) >= 11 is 0. The SMILES string of the molecule is COc1cc(/C=C/c2cc(=O)oc3c2ccc2ccccc23)cc(OC)c1. The molecule has 3 aromatic carbocycles. The lowest BCUT2D eigenvalue weighted by Crippen LogP contribution is -1.98. The molecule has 4 heteroatoms. The summed E-state index contributed by atoms with van der Waals surface area (Å²) in [5, 5.41) is 2.84. The maximum Gasteiger partial charge on any atom is 0.336 e. The lowest BCUT2D eigenvalue weighted by Gasteiger charge is -2.07. The summed E-state index contributed by atoms with van der Waals surface area (Å²) in [6, 6.07) is 19.0. The molecule has 0 radical (unpaired) electrons. The number of methoxy groups -OCH3 is 2. The molecule has 1 heterocycles. The van der Waals surface area contributed by atoms with E-state index < -0.39 is 0 Å². The fourth-order valence-corrected chi connectivity index (χ4v) is 3.16. The zero-order valence-electron chi connectivity index (χ0n) is 15.1.